The number of hydrogen-bond donors (Lipinski definition) is 2. The highest BCUT2D eigenvalue weighted by atomic mass is 79.9. The number of carbonyl (C=O) groups is 1. The first-order valence-corrected chi connectivity index (χ1v) is 10.9. The van der Waals surface area contributed by atoms with Crippen LogP contribution in [0, 0.1) is 0 Å². The summed E-state index contributed by atoms with van der Waals surface area (Å²) in [6.07, 6.45) is 3.76. The molecule has 0 atom stereocenters. The Bertz CT molecular complexity index is 928. The van der Waals surface area contributed by atoms with Crippen LogP contribution in [0.4, 0.5) is 5.69 Å². The molecule has 0 radical (unpaired) electrons. The van der Waals surface area contributed by atoms with Gasteiger partial charge in [-0.25, -0.2) is 13.1 Å². The summed E-state index contributed by atoms with van der Waals surface area (Å²) >= 11 is 9.41. The molecule has 5 nitrogen and oxygen atoms in total. The maximum atomic E-state index is 12.5. The summed E-state index contributed by atoms with van der Waals surface area (Å²) in [5.41, 5.74) is 0.704. The fraction of sp³-hybridized carbons (Fsp3) is 0.278. The Balaban J connectivity index is 1.78. The van der Waals surface area contributed by atoms with Gasteiger partial charge in [-0.05, 0) is 49.2 Å². The monoisotopic (exact) mass is 456 g/mol. The lowest BCUT2D eigenvalue weighted by molar-refractivity contribution is 0.102. The van der Waals surface area contributed by atoms with Crippen molar-refractivity contribution >= 4 is 49.1 Å². The first-order chi connectivity index (χ1) is 12.3. The Kier molecular flexibility index (Phi) is 6.02. The molecule has 0 bridgehead atoms. The second kappa shape index (κ2) is 8.08. The molecule has 0 aromatic heterocycles. The predicted molar refractivity (Wildman–Crippen MR) is 106 cm³/mol. The number of benzene rings is 2. The largest absolute Gasteiger partial charge is 0.321 e. The standard InChI is InChI=1S/C18H18BrClN2O3S/c19-13-8-9-17(16(20)11-13)21-18(23)12-4-3-7-15(10-12)26(24,25)22-14-5-1-2-6-14/h3-4,7-11,14,22H,1-2,5-6H2,(H,21,23). The van der Waals surface area contributed by atoms with Gasteiger partial charge in [-0.2, -0.15) is 0 Å². The number of hydrogen-bond acceptors (Lipinski definition) is 3. The highest BCUT2D eigenvalue weighted by molar-refractivity contribution is 9.10. The van der Waals surface area contributed by atoms with Gasteiger partial charge in [0.15, 0.2) is 0 Å². The topological polar surface area (TPSA) is 75.3 Å². The molecule has 26 heavy (non-hydrogen) atoms. The van der Waals surface area contributed by atoms with E-state index in [2.05, 4.69) is 26.0 Å². The second-order valence-electron chi connectivity index (χ2n) is 6.21. The summed E-state index contributed by atoms with van der Waals surface area (Å²) in [5.74, 6) is -0.424. The van der Waals surface area contributed by atoms with Gasteiger partial charge in [0.25, 0.3) is 5.91 Å². The number of nitrogens with one attached hydrogen (secondary N) is 2. The molecule has 2 aromatic carbocycles. The Morgan fingerprint density at radius 1 is 1.12 bits per heavy atom. The minimum atomic E-state index is -3.65. The predicted octanol–water partition coefficient (Wildman–Crippen LogP) is 4.58. The molecule has 1 saturated carbocycles. The Labute approximate surface area is 166 Å². The molecule has 1 amide bonds. The third kappa shape index (κ3) is 4.65. The van der Waals surface area contributed by atoms with Crippen molar-refractivity contribution in [3.63, 3.8) is 0 Å². The zero-order chi connectivity index (χ0) is 18.7. The van der Waals surface area contributed by atoms with Crippen LogP contribution in [-0.4, -0.2) is 20.4 Å². The van der Waals surface area contributed by atoms with Gasteiger partial charge in [0.2, 0.25) is 10.0 Å². The average Bonchev–Trinajstić information content (AvgIpc) is 3.09. The molecule has 0 heterocycles. The third-order valence-electron chi connectivity index (χ3n) is 4.26. The SMILES string of the molecule is O=C(Nc1ccc(Br)cc1Cl)c1cccc(S(=O)(=O)NC2CCCC2)c1. The van der Waals surface area contributed by atoms with Crippen LogP contribution in [0.3, 0.4) is 0 Å². The minimum absolute atomic E-state index is 0.0287. The maximum absolute atomic E-state index is 12.5. The number of anilines is 1. The van der Waals surface area contributed by atoms with E-state index in [1.165, 1.54) is 12.1 Å². The fourth-order valence-electron chi connectivity index (χ4n) is 2.92. The van der Waals surface area contributed by atoms with Crippen molar-refractivity contribution in [2.24, 2.45) is 0 Å². The van der Waals surface area contributed by atoms with E-state index in [0.29, 0.717) is 10.7 Å². The number of sulfonamides is 1. The molecule has 0 aliphatic heterocycles. The molecule has 1 aliphatic rings. The van der Waals surface area contributed by atoms with Crippen molar-refractivity contribution in [2.75, 3.05) is 5.32 Å². The zero-order valence-electron chi connectivity index (χ0n) is 13.8. The highest BCUT2D eigenvalue weighted by Gasteiger charge is 2.23. The van der Waals surface area contributed by atoms with Crippen LogP contribution in [0.15, 0.2) is 51.8 Å². The van der Waals surface area contributed by atoms with Gasteiger partial charge < -0.3 is 5.32 Å². The van der Waals surface area contributed by atoms with Crippen molar-refractivity contribution in [1.29, 1.82) is 0 Å². The van der Waals surface area contributed by atoms with Crippen LogP contribution in [0.2, 0.25) is 5.02 Å². The minimum Gasteiger partial charge on any atom is -0.321 e. The summed E-state index contributed by atoms with van der Waals surface area (Å²) in [5, 5.41) is 3.09. The van der Waals surface area contributed by atoms with E-state index in [4.69, 9.17) is 11.6 Å². The number of carbonyl (C=O) groups excluding carboxylic acids is 1. The number of halogens is 2. The molecule has 0 spiro atoms. The summed E-state index contributed by atoms with van der Waals surface area (Å²) in [6.45, 7) is 0. The molecule has 2 N–H and O–H groups in total. The van der Waals surface area contributed by atoms with Gasteiger partial charge in [0.1, 0.15) is 0 Å². The zero-order valence-corrected chi connectivity index (χ0v) is 17.0. The molecule has 0 unspecified atom stereocenters. The highest BCUT2D eigenvalue weighted by Crippen LogP contribution is 2.26. The van der Waals surface area contributed by atoms with Crippen LogP contribution in [0.1, 0.15) is 36.0 Å². The quantitative estimate of drug-likeness (QED) is 0.690. The van der Waals surface area contributed by atoms with Gasteiger partial charge in [0, 0.05) is 16.1 Å². The van der Waals surface area contributed by atoms with Crippen LogP contribution in [0.5, 0.6) is 0 Å². The number of amides is 1. The molecule has 0 saturated heterocycles. The van der Waals surface area contributed by atoms with Crippen LogP contribution < -0.4 is 10.0 Å². The van der Waals surface area contributed by atoms with Crippen molar-refractivity contribution in [3.8, 4) is 0 Å². The molecule has 138 valence electrons. The molecule has 1 fully saturated rings. The normalized spacial score (nSPS) is 15.2. The van der Waals surface area contributed by atoms with E-state index in [-0.39, 0.29) is 16.5 Å². The summed E-state index contributed by atoms with van der Waals surface area (Å²) in [7, 11) is -3.65. The summed E-state index contributed by atoms with van der Waals surface area (Å²) in [6, 6.07) is 11.1. The molecule has 8 heteroatoms. The van der Waals surface area contributed by atoms with E-state index in [9.17, 15) is 13.2 Å². The van der Waals surface area contributed by atoms with Gasteiger partial charge >= 0.3 is 0 Å². The van der Waals surface area contributed by atoms with Crippen LogP contribution in [-0.2, 0) is 10.0 Å². The van der Waals surface area contributed by atoms with E-state index in [1.807, 2.05) is 0 Å². The van der Waals surface area contributed by atoms with Gasteiger partial charge in [-0.3, -0.25) is 4.79 Å². The molecule has 2 aromatic rings. The van der Waals surface area contributed by atoms with Gasteiger partial charge in [-0.15, -0.1) is 0 Å². The fourth-order valence-corrected chi connectivity index (χ4v) is 4.99. The summed E-state index contributed by atoms with van der Waals surface area (Å²) < 4.78 is 28.6. The van der Waals surface area contributed by atoms with E-state index < -0.39 is 15.9 Å². The summed E-state index contributed by atoms with van der Waals surface area (Å²) in [4.78, 5) is 12.6. The lowest BCUT2D eigenvalue weighted by Crippen LogP contribution is -2.32. The van der Waals surface area contributed by atoms with Gasteiger partial charge in [0.05, 0.1) is 15.6 Å². The van der Waals surface area contributed by atoms with E-state index >= 15 is 0 Å². The van der Waals surface area contributed by atoms with Crippen molar-refractivity contribution < 1.29 is 13.2 Å². The van der Waals surface area contributed by atoms with Crippen molar-refractivity contribution in [1.82, 2.24) is 4.72 Å². The third-order valence-corrected chi connectivity index (χ3v) is 6.59. The molecule has 3 rings (SSSR count). The average molecular weight is 458 g/mol. The smallest absolute Gasteiger partial charge is 0.255 e. The Morgan fingerprint density at radius 3 is 2.54 bits per heavy atom. The second-order valence-corrected chi connectivity index (χ2v) is 9.25. The Morgan fingerprint density at radius 2 is 1.85 bits per heavy atom. The maximum Gasteiger partial charge on any atom is 0.255 e. The Hall–Kier alpha value is -1.41. The van der Waals surface area contributed by atoms with Crippen molar-refractivity contribution in [2.45, 2.75) is 36.6 Å². The van der Waals surface area contributed by atoms with Gasteiger partial charge in [-0.1, -0.05) is 46.4 Å². The van der Waals surface area contributed by atoms with Crippen LogP contribution in [0.25, 0.3) is 0 Å². The van der Waals surface area contributed by atoms with E-state index in [0.717, 1.165) is 30.2 Å². The molecular formula is C18H18BrClN2O3S. The van der Waals surface area contributed by atoms with E-state index in [1.54, 1.807) is 30.3 Å². The molecule has 1 aliphatic carbocycles. The van der Waals surface area contributed by atoms with Crippen LogP contribution >= 0.6 is 27.5 Å². The van der Waals surface area contributed by atoms with Crippen molar-refractivity contribution in [3.05, 3.63) is 57.5 Å². The lowest BCUT2D eigenvalue weighted by Gasteiger charge is -2.13. The molecular weight excluding hydrogens is 440 g/mol. The lowest BCUT2D eigenvalue weighted by atomic mass is 10.2. The first-order valence-electron chi connectivity index (χ1n) is 8.24. The first kappa shape index (κ1) is 19.4. The number of rotatable bonds is 5.